The van der Waals surface area contributed by atoms with Crippen molar-refractivity contribution < 1.29 is 27.4 Å². The van der Waals surface area contributed by atoms with Crippen LogP contribution in [0.3, 0.4) is 0 Å². The fourth-order valence-electron chi connectivity index (χ4n) is 4.02. The Morgan fingerprint density at radius 2 is 1.66 bits per heavy atom. The maximum atomic E-state index is 13.4. The minimum absolute atomic E-state index is 0.0263. The van der Waals surface area contributed by atoms with Gasteiger partial charge in [-0.3, -0.25) is 0 Å². The summed E-state index contributed by atoms with van der Waals surface area (Å²) in [4.78, 5) is 2.00. The summed E-state index contributed by atoms with van der Waals surface area (Å²) >= 11 is 0. The van der Waals surface area contributed by atoms with E-state index in [-0.39, 0.29) is 37.1 Å². The molecule has 3 rings (SSSR count). The first kappa shape index (κ1) is 24.9. The number of rotatable bonds is 7. The molecule has 1 aliphatic carbocycles. The van der Waals surface area contributed by atoms with Gasteiger partial charge in [0, 0.05) is 24.3 Å². The van der Waals surface area contributed by atoms with Crippen LogP contribution in [0, 0.1) is 11.8 Å². The van der Waals surface area contributed by atoms with Gasteiger partial charge in [0.2, 0.25) is 0 Å². The molecule has 0 atom stereocenters. The summed E-state index contributed by atoms with van der Waals surface area (Å²) in [6.07, 6.45) is -0.0434. The first-order valence-electron chi connectivity index (χ1n) is 11.5. The van der Waals surface area contributed by atoms with Crippen molar-refractivity contribution in [2.75, 3.05) is 24.6 Å². The summed E-state index contributed by atoms with van der Waals surface area (Å²) in [5.74, 6) is 5.63. The largest absolute Gasteiger partial charge is 0.416 e. The van der Waals surface area contributed by atoms with E-state index in [0.717, 1.165) is 31.7 Å². The maximum absolute atomic E-state index is 13.4. The average Bonchev–Trinajstić information content (AvgIpc) is 2.69. The third-order valence-electron chi connectivity index (χ3n) is 5.67. The van der Waals surface area contributed by atoms with Gasteiger partial charge in [-0.15, -0.1) is 0 Å². The zero-order valence-corrected chi connectivity index (χ0v) is 19.4. The smallest absolute Gasteiger partial charge is 0.375 e. The minimum Gasteiger partial charge on any atom is -0.375 e. The molecule has 1 saturated carbocycles. The van der Waals surface area contributed by atoms with Crippen LogP contribution in [0.5, 0.6) is 0 Å². The lowest BCUT2D eigenvalue weighted by Crippen LogP contribution is -2.44. The number of halogens is 3. The predicted octanol–water partition coefficient (Wildman–Crippen LogP) is 5.42. The molecule has 1 aromatic rings. The fourth-order valence-corrected chi connectivity index (χ4v) is 4.02. The molecule has 0 aromatic heterocycles. The molecule has 2 fully saturated rings. The second kappa shape index (κ2) is 10.9. The molecule has 0 unspecified atom stereocenters. The lowest BCUT2D eigenvalue weighted by atomic mass is 9.91. The van der Waals surface area contributed by atoms with Crippen LogP contribution in [-0.2, 0) is 20.4 Å². The molecule has 32 heavy (non-hydrogen) atoms. The van der Waals surface area contributed by atoms with Crippen LogP contribution >= 0.6 is 0 Å². The van der Waals surface area contributed by atoms with Crippen molar-refractivity contribution in [3.8, 4) is 11.8 Å². The van der Waals surface area contributed by atoms with Gasteiger partial charge in [0.05, 0.1) is 36.1 Å². The van der Waals surface area contributed by atoms with Crippen molar-refractivity contribution in [3.63, 3.8) is 0 Å². The Labute approximate surface area is 189 Å². The molecule has 0 amide bonds. The molecule has 0 spiro atoms. The minimum atomic E-state index is -4.42. The van der Waals surface area contributed by atoms with Crippen molar-refractivity contribution in [2.45, 2.75) is 90.1 Å². The summed E-state index contributed by atoms with van der Waals surface area (Å²) in [7, 11) is 0. The highest BCUT2D eigenvalue weighted by molar-refractivity contribution is 5.56. The molecular formula is C25H34F3NO3. The van der Waals surface area contributed by atoms with Crippen molar-refractivity contribution in [2.24, 2.45) is 0 Å². The Balaban J connectivity index is 1.58. The van der Waals surface area contributed by atoms with E-state index in [9.17, 15) is 13.2 Å². The SMILES string of the molecule is CC(C)OCC#Cc1cc(N2CCC(OC3CC(OC(C)C)C3)CC2)cc(C(F)(F)F)c1. The summed E-state index contributed by atoms with van der Waals surface area (Å²) in [5, 5.41) is 0. The number of hydrogen-bond donors (Lipinski definition) is 0. The number of nitrogens with zero attached hydrogens (tertiary/aromatic N) is 1. The van der Waals surface area contributed by atoms with E-state index < -0.39 is 11.7 Å². The Morgan fingerprint density at radius 1 is 0.969 bits per heavy atom. The van der Waals surface area contributed by atoms with Gasteiger partial charge in [0.25, 0.3) is 0 Å². The molecule has 0 bridgehead atoms. The normalized spacial score (nSPS) is 22.1. The zero-order chi connectivity index (χ0) is 23.3. The monoisotopic (exact) mass is 453 g/mol. The van der Waals surface area contributed by atoms with E-state index in [2.05, 4.69) is 11.8 Å². The maximum Gasteiger partial charge on any atom is 0.416 e. The molecule has 4 nitrogen and oxygen atoms in total. The van der Waals surface area contributed by atoms with E-state index >= 15 is 0 Å². The van der Waals surface area contributed by atoms with Crippen LogP contribution in [0.25, 0.3) is 0 Å². The number of anilines is 1. The first-order valence-corrected chi connectivity index (χ1v) is 11.5. The molecule has 1 aliphatic heterocycles. The molecule has 7 heteroatoms. The summed E-state index contributed by atoms with van der Waals surface area (Å²) in [6, 6.07) is 4.06. The highest BCUT2D eigenvalue weighted by Gasteiger charge is 2.35. The van der Waals surface area contributed by atoms with Crippen LogP contribution < -0.4 is 4.90 Å². The quantitative estimate of drug-likeness (QED) is 0.516. The molecule has 0 N–H and O–H groups in total. The highest BCUT2D eigenvalue weighted by Crippen LogP contribution is 2.35. The third-order valence-corrected chi connectivity index (χ3v) is 5.67. The fraction of sp³-hybridized carbons (Fsp3) is 0.680. The van der Waals surface area contributed by atoms with Gasteiger partial charge in [-0.1, -0.05) is 11.8 Å². The lowest BCUT2D eigenvalue weighted by Gasteiger charge is -2.41. The Morgan fingerprint density at radius 3 is 2.25 bits per heavy atom. The van der Waals surface area contributed by atoms with Gasteiger partial charge < -0.3 is 19.1 Å². The van der Waals surface area contributed by atoms with E-state index in [1.54, 1.807) is 6.07 Å². The second-order valence-corrected chi connectivity index (χ2v) is 9.15. The topological polar surface area (TPSA) is 30.9 Å². The van der Waals surface area contributed by atoms with Gasteiger partial charge in [0.1, 0.15) is 6.61 Å². The van der Waals surface area contributed by atoms with Gasteiger partial charge >= 0.3 is 6.18 Å². The van der Waals surface area contributed by atoms with E-state index in [1.807, 2.05) is 32.6 Å². The van der Waals surface area contributed by atoms with Gasteiger partial charge in [0.15, 0.2) is 0 Å². The highest BCUT2D eigenvalue weighted by atomic mass is 19.4. The van der Waals surface area contributed by atoms with Gasteiger partial charge in [-0.25, -0.2) is 0 Å². The summed E-state index contributed by atoms with van der Waals surface area (Å²) in [5.41, 5.74) is 0.237. The number of alkyl halides is 3. The van der Waals surface area contributed by atoms with Crippen molar-refractivity contribution >= 4 is 5.69 Å². The van der Waals surface area contributed by atoms with Crippen LogP contribution in [0.15, 0.2) is 18.2 Å². The molecular weight excluding hydrogens is 419 g/mol. The van der Waals surface area contributed by atoms with E-state index in [4.69, 9.17) is 14.2 Å². The molecule has 0 radical (unpaired) electrons. The standard InChI is InChI=1S/C25H34F3NO3/c1-17(2)30-11-5-6-19-12-20(25(26,27)28)14-21(13-19)29-9-7-22(8-10-29)32-24-15-23(16-24)31-18(3)4/h12-14,17-18,22-24H,7-11,15-16H2,1-4H3. The Bertz CT molecular complexity index is 799. The second-order valence-electron chi connectivity index (χ2n) is 9.15. The lowest BCUT2D eigenvalue weighted by molar-refractivity contribution is -0.141. The van der Waals surface area contributed by atoms with Crippen LogP contribution in [-0.4, -0.2) is 50.2 Å². The first-order chi connectivity index (χ1) is 15.1. The number of benzene rings is 1. The molecule has 1 heterocycles. The molecule has 1 saturated heterocycles. The van der Waals surface area contributed by atoms with Crippen LogP contribution in [0.4, 0.5) is 18.9 Å². The number of hydrogen-bond acceptors (Lipinski definition) is 4. The van der Waals surface area contributed by atoms with Crippen LogP contribution in [0.2, 0.25) is 0 Å². The molecule has 1 aromatic carbocycles. The zero-order valence-electron chi connectivity index (χ0n) is 19.4. The van der Waals surface area contributed by atoms with E-state index in [1.165, 1.54) is 6.07 Å². The van der Waals surface area contributed by atoms with Crippen LogP contribution in [0.1, 0.15) is 64.5 Å². The summed E-state index contributed by atoms with van der Waals surface area (Å²) in [6.45, 7) is 9.36. The predicted molar refractivity (Wildman–Crippen MR) is 119 cm³/mol. The van der Waals surface area contributed by atoms with Crippen molar-refractivity contribution in [3.05, 3.63) is 29.3 Å². The van der Waals surface area contributed by atoms with E-state index in [0.29, 0.717) is 24.3 Å². The van der Waals surface area contributed by atoms with Crippen molar-refractivity contribution in [1.29, 1.82) is 0 Å². The van der Waals surface area contributed by atoms with Crippen molar-refractivity contribution in [1.82, 2.24) is 0 Å². The van der Waals surface area contributed by atoms with Gasteiger partial charge in [-0.05, 0) is 71.6 Å². The molecule has 2 aliphatic rings. The third kappa shape index (κ3) is 7.40. The average molecular weight is 454 g/mol. The number of ether oxygens (including phenoxy) is 3. The van der Waals surface area contributed by atoms with Gasteiger partial charge in [-0.2, -0.15) is 13.2 Å². The Kier molecular flexibility index (Phi) is 8.49. The Hall–Kier alpha value is -1.75. The number of piperidine rings is 1. The molecule has 178 valence electrons. The summed E-state index contributed by atoms with van der Waals surface area (Å²) < 4.78 is 57.7.